The van der Waals surface area contributed by atoms with E-state index in [2.05, 4.69) is 6.07 Å². The van der Waals surface area contributed by atoms with Crippen molar-refractivity contribution in [3.8, 4) is 6.07 Å². The molecule has 0 N–H and O–H groups in total. The Hall–Kier alpha value is -1.53. The standard InChI is InChI=1S/C15H15ClN2O/c16-6-13(19)18-10-14(11-18)7-15(8-14,9-17)12-4-2-1-3-5-12/h1-5H,6-8,10-11H2. The maximum atomic E-state index is 11.5. The lowest BCUT2D eigenvalue weighted by atomic mass is 9.48. The number of likely N-dealkylation sites (tertiary alicyclic amines) is 1. The fraction of sp³-hybridized carbons (Fsp3) is 0.467. The Bertz CT molecular complexity index is 535. The van der Waals surface area contributed by atoms with Crippen LogP contribution in [0, 0.1) is 16.7 Å². The maximum Gasteiger partial charge on any atom is 0.237 e. The predicted octanol–water partition coefficient (Wildman–Crippen LogP) is 2.31. The first kappa shape index (κ1) is 12.5. The molecule has 2 fully saturated rings. The van der Waals surface area contributed by atoms with Crippen molar-refractivity contribution in [2.75, 3.05) is 19.0 Å². The van der Waals surface area contributed by atoms with Gasteiger partial charge >= 0.3 is 0 Å². The van der Waals surface area contributed by atoms with Crippen molar-refractivity contribution in [3.05, 3.63) is 35.9 Å². The van der Waals surface area contributed by atoms with Gasteiger partial charge in [0.2, 0.25) is 5.91 Å². The first-order valence-corrected chi connectivity index (χ1v) is 6.97. The SMILES string of the molecule is N#CC1(c2ccccc2)CC2(CN(C(=O)CCl)C2)C1. The maximum absolute atomic E-state index is 11.5. The summed E-state index contributed by atoms with van der Waals surface area (Å²) < 4.78 is 0. The number of alkyl halides is 1. The Labute approximate surface area is 117 Å². The second-order valence-electron chi connectivity index (χ2n) is 5.80. The van der Waals surface area contributed by atoms with Crippen molar-refractivity contribution in [1.82, 2.24) is 4.90 Å². The molecule has 1 spiro atoms. The van der Waals surface area contributed by atoms with Crippen molar-refractivity contribution in [2.45, 2.75) is 18.3 Å². The normalized spacial score (nSPS) is 22.2. The number of carbonyl (C=O) groups excluding carboxylic acids is 1. The summed E-state index contributed by atoms with van der Waals surface area (Å²) in [7, 11) is 0. The molecule has 1 aliphatic carbocycles. The third-order valence-electron chi connectivity index (χ3n) is 4.41. The molecule has 1 saturated carbocycles. The van der Waals surface area contributed by atoms with E-state index in [1.807, 2.05) is 30.3 Å². The van der Waals surface area contributed by atoms with Gasteiger partial charge in [0.15, 0.2) is 0 Å². The zero-order valence-electron chi connectivity index (χ0n) is 10.6. The summed E-state index contributed by atoms with van der Waals surface area (Å²) in [4.78, 5) is 13.2. The molecule has 0 atom stereocenters. The van der Waals surface area contributed by atoms with E-state index in [-0.39, 0.29) is 22.6 Å². The summed E-state index contributed by atoms with van der Waals surface area (Å²) in [5.41, 5.74) is 0.912. The molecule has 1 amide bonds. The third-order valence-corrected chi connectivity index (χ3v) is 4.64. The number of carbonyl (C=O) groups is 1. The van der Waals surface area contributed by atoms with E-state index in [0.717, 1.165) is 31.5 Å². The van der Waals surface area contributed by atoms with Gasteiger partial charge in [0.05, 0.1) is 11.5 Å². The van der Waals surface area contributed by atoms with Crippen molar-refractivity contribution in [2.24, 2.45) is 5.41 Å². The number of benzene rings is 1. The number of halogens is 1. The highest BCUT2D eigenvalue weighted by atomic mass is 35.5. The first-order valence-electron chi connectivity index (χ1n) is 6.44. The zero-order chi connectivity index (χ0) is 13.5. The van der Waals surface area contributed by atoms with E-state index in [1.165, 1.54) is 0 Å². The quantitative estimate of drug-likeness (QED) is 0.777. The lowest BCUT2D eigenvalue weighted by Gasteiger charge is -2.62. The van der Waals surface area contributed by atoms with Crippen LogP contribution >= 0.6 is 11.6 Å². The zero-order valence-corrected chi connectivity index (χ0v) is 11.4. The number of rotatable bonds is 2. The summed E-state index contributed by atoms with van der Waals surface area (Å²) >= 11 is 5.55. The molecular weight excluding hydrogens is 260 g/mol. The van der Waals surface area contributed by atoms with E-state index in [0.29, 0.717) is 0 Å². The molecule has 1 aliphatic heterocycles. The van der Waals surface area contributed by atoms with E-state index in [9.17, 15) is 10.1 Å². The fourth-order valence-corrected chi connectivity index (χ4v) is 3.75. The van der Waals surface area contributed by atoms with Crippen molar-refractivity contribution >= 4 is 17.5 Å². The molecular formula is C15H15ClN2O. The molecule has 1 heterocycles. The largest absolute Gasteiger partial charge is 0.340 e. The van der Waals surface area contributed by atoms with E-state index < -0.39 is 0 Å². The third kappa shape index (κ3) is 1.82. The van der Waals surface area contributed by atoms with E-state index in [4.69, 9.17) is 11.6 Å². The minimum absolute atomic E-state index is 0.00135. The molecule has 1 aromatic carbocycles. The molecule has 98 valence electrons. The lowest BCUT2D eigenvalue weighted by molar-refractivity contribution is -0.152. The van der Waals surface area contributed by atoms with Crippen LogP contribution in [0.2, 0.25) is 0 Å². The van der Waals surface area contributed by atoms with Gasteiger partial charge in [-0.05, 0) is 18.4 Å². The van der Waals surface area contributed by atoms with Gasteiger partial charge in [-0.1, -0.05) is 30.3 Å². The molecule has 0 radical (unpaired) electrons. The second kappa shape index (κ2) is 4.25. The molecule has 0 aromatic heterocycles. The molecule has 3 nitrogen and oxygen atoms in total. The number of nitrogens with zero attached hydrogens (tertiary/aromatic N) is 2. The Balaban J connectivity index is 1.70. The van der Waals surface area contributed by atoms with Crippen LogP contribution in [0.25, 0.3) is 0 Å². The van der Waals surface area contributed by atoms with Gasteiger partial charge < -0.3 is 4.90 Å². The minimum Gasteiger partial charge on any atom is -0.340 e. The summed E-state index contributed by atoms with van der Waals surface area (Å²) in [5.74, 6) is 0.0551. The average molecular weight is 275 g/mol. The fourth-order valence-electron chi connectivity index (χ4n) is 3.58. The van der Waals surface area contributed by atoms with Gasteiger partial charge in [0.1, 0.15) is 5.88 Å². The van der Waals surface area contributed by atoms with Gasteiger partial charge in [-0.2, -0.15) is 5.26 Å². The van der Waals surface area contributed by atoms with Crippen LogP contribution in [0.1, 0.15) is 18.4 Å². The molecule has 1 saturated heterocycles. The predicted molar refractivity (Wildman–Crippen MR) is 72.7 cm³/mol. The Morgan fingerprint density at radius 1 is 1.32 bits per heavy atom. The number of amides is 1. The number of hydrogen-bond acceptors (Lipinski definition) is 2. The van der Waals surface area contributed by atoms with Gasteiger partial charge in [-0.25, -0.2) is 0 Å². The highest BCUT2D eigenvalue weighted by molar-refractivity contribution is 6.27. The van der Waals surface area contributed by atoms with E-state index >= 15 is 0 Å². The van der Waals surface area contributed by atoms with Crippen LogP contribution in [0.3, 0.4) is 0 Å². The van der Waals surface area contributed by atoms with Crippen molar-refractivity contribution in [1.29, 1.82) is 5.26 Å². The van der Waals surface area contributed by atoms with Crippen LogP contribution in [0.15, 0.2) is 30.3 Å². The summed E-state index contributed by atoms with van der Waals surface area (Å²) in [6.07, 6.45) is 1.71. The smallest absolute Gasteiger partial charge is 0.237 e. The summed E-state index contributed by atoms with van der Waals surface area (Å²) in [6, 6.07) is 12.4. The van der Waals surface area contributed by atoms with Gasteiger partial charge in [0.25, 0.3) is 0 Å². The molecule has 3 rings (SSSR count). The first-order chi connectivity index (χ1) is 9.13. The highest BCUT2D eigenvalue weighted by Gasteiger charge is 2.61. The monoisotopic (exact) mass is 274 g/mol. The van der Waals surface area contributed by atoms with Crippen LogP contribution in [0.5, 0.6) is 0 Å². The highest BCUT2D eigenvalue weighted by Crippen LogP contribution is 2.59. The van der Waals surface area contributed by atoms with Crippen molar-refractivity contribution < 1.29 is 4.79 Å². The topological polar surface area (TPSA) is 44.1 Å². The molecule has 19 heavy (non-hydrogen) atoms. The molecule has 0 bridgehead atoms. The second-order valence-corrected chi connectivity index (χ2v) is 6.06. The van der Waals surface area contributed by atoms with Gasteiger partial charge in [0, 0.05) is 18.5 Å². The number of hydrogen-bond donors (Lipinski definition) is 0. The van der Waals surface area contributed by atoms with Crippen molar-refractivity contribution in [3.63, 3.8) is 0 Å². The van der Waals surface area contributed by atoms with Gasteiger partial charge in [-0.15, -0.1) is 11.6 Å². The minimum atomic E-state index is -0.350. The van der Waals surface area contributed by atoms with E-state index in [1.54, 1.807) is 4.90 Å². The summed E-state index contributed by atoms with van der Waals surface area (Å²) in [5, 5.41) is 9.51. The number of nitriles is 1. The lowest BCUT2D eigenvalue weighted by Crippen LogP contribution is -2.67. The molecule has 0 unspecified atom stereocenters. The van der Waals surface area contributed by atoms with Crippen LogP contribution < -0.4 is 0 Å². The van der Waals surface area contributed by atoms with Crippen LogP contribution in [0.4, 0.5) is 0 Å². The Morgan fingerprint density at radius 3 is 2.47 bits per heavy atom. The Morgan fingerprint density at radius 2 is 1.95 bits per heavy atom. The molecule has 1 aromatic rings. The van der Waals surface area contributed by atoms with Crippen LogP contribution in [-0.4, -0.2) is 29.8 Å². The average Bonchev–Trinajstić information content (AvgIpc) is 2.37. The van der Waals surface area contributed by atoms with Crippen LogP contribution in [-0.2, 0) is 10.2 Å². The summed E-state index contributed by atoms with van der Waals surface area (Å²) in [6.45, 7) is 1.52. The Kier molecular flexibility index (Phi) is 2.79. The molecule has 4 heteroatoms. The molecule has 2 aliphatic rings. The van der Waals surface area contributed by atoms with Gasteiger partial charge in [-0.3, -0.25) is 4.79 Å².